The predicted octanol–water partition coefficient (Wildman–Crippen LogP) is 5.33. The van der Waals surface area contributed by atoms with Gasteiger partial charge in [0.2, 0.25) is 0 Å². The molecule has 0 aliphatic heterocycles. The molecule has 0 aromatic carbocycles. The number of nitrogens with two attached hydrogens (primary N) is 1. The van der Waals surface area contributed by atoms with Gasteiger partial charge in [0.05, 0.1) is 0 Å². The highest BCUT2D eigenvalue weighted by atomic mass is 32.1. The molecule has 0 saturated carbocycles. The third kappa shape index (κ3) is 14.4. The van der Waals surface area contributed by atoms with E-state index in [0.29, 0.717) is 5.25 Å². The van der Waals surface area contributed by atoms with Crippen LogP contribution in [0.15, 0.2) is 0 Å². The molecule has 1 unspecified atom stereocenters. The fourth-order valence-corrected chi connectivity index (χ4v) is 2.71. The second kappa shape index (κ2) is 15.4. The van der Waals surface area contributed by atoms with Crippen LogP contribution in [0.1, 0.15) is 90.4 Å². The quantitative estimate of drug-likeness (QED) is 0.324. The molecule has 0 fully saturated rings. The minimum atomic E-state index is 0.536. The molecule has 0 rings (SSSR count). The van der Waals surface area contributed by atoms with Gasteiger partial charge in [0.15, 0.2) is 0 Å². The van der Waals surface area contributed by atoms with E-state index < -0.39 is 0 Å². The SMILES string of the molecule is CCCCCCCCCCCCCC(S)CCN. The Morgan fingerprint density at radius 1 is 0.722 bits per heavy atom. The van der Waals surface area contributed by atoms with Crippen LogP contribution in [0.25, 0.3) is 0 Å². The summed E-state index contributed by atoms with van der Waals surface area (Å²) in [7, 11) is 0. The van der Waals surface area contributed by atoms with Gasteiger partial charge in [0, 0.05) is 5.25 Å². The van der Waals surface area contributed by atoms with E-state index in [0.717, 1.165) is 13.0 Å². The van der Waals surface area contributed by atoms with Gasteiger partial charge in [0.25, 0.3) is 0 Å². The van der Waals surface area contributed by atoms with Gasteiger partial charge in [-0.15, -0.1) is 0 Å². The van der Waals surface area contributed by atoms with E-state index in [9.17, 15) is 0 Å². The Labute approximate surface area is 121 Å². The zero-order valence-corrected chi connectivity index (χ0v) is 13.4. The van der Waals surface area contributed by atoms with Crippen molar-refractivity contribution in [1.29, 1.82) is 0 Å². The van der Waals surface area contributed by atoms with Gasteiger partial charge in [-0.05, 0) is 19.4 Å². The van der Waals surface area contributed by atoms with Crippen molar-refractivity contribution in [2.45, 2.75) is 95.6 Å². The Kier molecular flexibility index (Phi) is 15.6. The van der Waals surface area contributed by atoms with Gasteiger partial charge in [-0.2, -0.15) is 12.6 Å². The maximum absolute atomic E-state index is 5.51. The second-order valence-corrected chi connectivity index (χ2v) is 6.29. The lowest BCUT2D eigenvalue weighted by Crippen LogP contribution is -2.08. The average Bonchev–Trinajstić information content (AvgIpc) is 2.36. The molecule has 1 nitrogen and oxygen atoms in total. The van der Waals surface area contributed by atoms with Gasteiger partial charge < -0.3 is 5.73 Å². The van der Waals surface area contributed by atoms with Crippen LogP contribution in [0, 0.1) is 0 Å². The summed E-state index contributed by atoms with van der Waals surface area (Å²) in [6.07, 6.45) is 17.9. The maximum atomic E-state index is 5.51. The van der Waals surface area contributed by atoms with Crippen LogP contribution in [0.5, 0.6) is 0 Å². The Hall–Kier alpha value is 0.310. The highest BCUT2D eigenvalue weighted by Crippen LogP contribution is 2.14. The summed E-state index contributed by atoms with van der Waals surface area (Å²) < 4.78 is 0. The first kappa shape index (κ1) is 18.3. The molecular weight excluding hydrogens is 238 g/mol. The molecule has 1 atom stereocenters. The van der Waals surface area contributed by atoms with Gasteiger partial charge in [-0.3, -0.25) is 0 Å². The van der Waals surface area contributed by atoms with E-state index in [1.165, 1.54) is 77.0 Å². The molecule has 0 bridgehead atoms. The van der Waals surface area contributed by atoms with Crippen LogP contribution in [-0.4, -0.2) is 11.8 Å². The summed E-state index contributed by atoms with van der Waals surface area (Å²) in [6.45, 7) is 3.06. The van der Waals surface area contributed by atoms with E-state index in [2.05, 4.69) is 19.6 Å². The first-order valence-electron chi connectivity index (χ1n) is 8.19. The summed E-state index contributed by atoms with van der Waals surface area (Å²) in [4.78, 5) is 0. The third-order valence-electron chi connectivity index (χ3n) is 3.64. The molecule has 0 aliphatic carbocycles. The smallest absolute Gasteiger partial charge is 0.00288 e. The molecule has 0 saturated heterocycles. The van der Waals surface area contributed by atoms with Crippen molar-refractivity contribution in [1.82, 2.24) is 0 Å². The van der Waals surface area contributed by atoms with Gasteiger partial charge in [0.1, 0.15) is 0 Å². The molecule has 110 valence electrons. The summed E-state index contributed by atoms with van der Waals surface area (Å²) in [5.74, 6) is 0. The predicted molar refractivity (Wildman–Crippen MR) is 87.5 cm³/mol. The molecule has 0 aliphatic rings. The molecular formula is C16H35NS. The van der Waals surface area contributed by atoms with Crippen LogP contribution >= 0.6 is 12.6 Å². The van der Waals surface area contributed by atoms with E-state index in [1.54, 1.807) is 0 Å². The van der Waals surface area contributed by atoms with Crippen molar-refractivity contribution in [2.24, 2.45) is 5.73 Å². The van der Waals surface area contributed by atoms with E-state index in [-0.39, 0.29) is 0 Å². The van der Waals surface area contributed by atoms with Crippen molar-refractivity contribution in [3.8, 4) is 0 Å². The Bertz CT molecular complexity index is 150. The second-order valence-electron chi connectivity index (χ2n) is 5.56. The largest absolute Gasteiger partial charge is 0.330 e. The lowest BCUT2D eigenvalue weighted by atomic mass is 10.0. The van der Waals surface area contributed by atoms with Crippen molar-refractivity contribution in [3.63, 3.8) is 0 Å². The van der Waals surface area contributed by atoms with Gasteiger partial charge >= 0.3 is 0 Å². The first-order valence-corrected chi connectivity index (χ1v) is 8.71. The number of hydrogen-bond acceptors (Lipinski definition) is 2. The standard InChI is InChI=1S/C16H35NS/c1-2-3-4-5-6-7-8-9-10-11-12-13-16(18)14-15-17/h16,18H,2-15,17H2,1H3. The molecule has 0 aromatic rings. The Morgan fingerprint density at radius 2 is 1.17 bits per heavy atom. The number of hydrogen-bond donors (Lipinski definition) is 2. The summed E-state index contributed by atoms with van der Waals surface area (Å²) in [5, 5.41) is 0.536. The van der Waals surface area contributed by atoms with Gasteiger partial charge in [-0.25, -0.2) is 0 Å². The van der Waals surface area contributed by atoms with Crippen LogP contribution in [0.4, 0.5) is 0 Å². The van der Waals surface area contributed by atoms with Crippen molar-refractivity contribution < 1.29 is 0 Å². The highest BCUT2D eigenvalue weighted by molar-refractivity contribution is 7.80. The van der Waals surface area contributed by atoms with Crippen molar-refractivity contribution in [2.75, 3.05) is 6.54 Å². The van der Waals surface area contributed by atoms with E-state index in [1.807, 2.05) is 0 Å². The van der Waals surface area contributed by atoms with Crippen molar-refractivity contribution >= 4 is 12.6 Å². The fourth-order valence-electron chi connectivity index (χ4n) is 2.38. The van der Waals surface area contributed by atoms with Gasteiger partial charge in [-0.1, -0.05) is 77.6 Å². The Morgan fingerprint density at radius 3 is 1.61 bits per heavy atom. The van der Waals surface area contributed by atoms with Crippen LogP contribution in [-0.2, 0) is 0 Å². The minimum Gasteiger partial charge on any atom is -0.330 e. The first-order chi connectivity index (χ1) is 8.81. The van der Waals surface area contributed by atoms with Crippen molar-refractivity contribution in [3.05, 3.63) is 0 Å². The lowest BCUT2D eigenvalue weighted by Gasteiger charge is -2.08. The number of rotatable bonds is 14. The fraction of sp³-hybridized carbons (Fsp3) is 1.00. The van der Waals surface area contributed by atoms with Crippen LogP contribution in [0.2, 0.25) is 0 Å². The zero-order chi connectivity index (χ0) is 13.5. The molecule has 0 aromatic heterocycles. The molecule has 2 heteroatoms. The minimum absolute atomic E-state index is 0.536. The van der Waals surface area contributed by atoms with E-state index in [4.69, 9.17) is 5.73 Å². The summed E-state index contributed by atoms with van der Waals surface area (Å²) >= 11 is 4.53. The number of thiol groups is 1. The summed E-state index contributed by atoms with van der Waals surface area (Å²) in [6, 6.07) is 0. The Balaban J connectivity index is 2.98. The monoisotopic (exact) mass is 273 g/mol. The number of unbranched alkanes of at least 4 members (excludes halogenated alkanes) is 10. The maximum Gasteiger partial charge on any atom is 0.00288 e. The zero-order valence-electron chi connectivity index (χ0n) is 12.5. The molecule has 0 amide bonds. The van der Waals surface area contributed by atoms with Crippen LogP contribution in [0.3, 0.4) is 0 Å². The molecule has 18 heavy (non-hydrogen) atoms. The summed E-state index contributed by atoms with van der Waals surface area (Å²) in [5.41, 5.74) is 5.51. The third-order valence-corrected chi connectivity index (χ3v) is 4.16. The lowest BCUT2D eigenvalue weighted by molar-refractivity contribution is 0.539. The molecule has 0 radical (unpaired) electrons. The average molecular weight is 274 g/mol. The molecule has 2 N–H and O–H groups in total. The van der Waals surface area contributed by atoms with Crippen LogP contribution < -0.4 is 5.73 Å². The molecule has 0 heterocycles. The topological polar surface area (TPSA) is 26.0 Å². The van der Waals surface area contributed by atoms with E-state index >= 15 is 0 Å². The molecule has 0 spiro atoms. The normalized spacial score (nSPS) is 12.8. The highest BCUT2D eigenvalue weighted by Gasteiger charge is 2.00.